The van der Waals surface area contributed by atoms with Gasteiger partial charge >= 0.3 is 5.97 Å². The molecule has 1 N–H and O–H groups in total. The molecule has 0 aromatic carbocycles. The number of thiophene rings is 1. The lowest BCUT2D eigenvalue weighted by Gasteiger charge is -2.33. The Hall–Kier alpha value is -0.920. The van der Waals surface area contributed by atoms with Crippen LogP contribution >= 0.6 is 27.3 Å². The van der Waals surface area contributed by atoms with E-state index in [1.54, 1.807) is 16.2 Å². The van der Waals surface area contributed by atoms with Gasteiger partial charge in [-0.3, -0.25) is 9.59 Å². The maximum Gasteiger partial charge on any atom is 0.306 e. The number of halogens is 1. The van der Waals surface area contributed by atoms with Crippen LogP contribution in [0.5, 0.6) is 0 Å². The summed E-state index contributed by atoms with van der Waals surface area (Å²) in [6.07, 6.45) is -0.477. The van der Waals surface area contributed by atoms with Gasteiger partial charge in [0.05, 0.1) is 28.8 Å². The van der Waals surface area contributed by atoms with Crippen LogP contribution in [0.25, 0.3) is 0 Å². The topological polar surface area (TPSA) is 66.8 Å². The molecule has 5 nitrogen and oxygen atoms in total. The number of ether oxygens (including phenoxy) is 1. The summed E-state index contributed by atoms with van der Waals surface area (Å²) in [5.74, 6) is -1.09. The Morgan fingerprint density at radius 1 is 1.60 bits per heavy atom. The lowest BCUT2D eigenvalue weighted by molar-refractivity contribution is -0.148. The Morgan fingerprint density at radius 3 is 2.95 bits per heavy atom. The van der Waals surface area contributed by atoms with Gasteiger partial charge in [0.25, 0.3) is 0 Å². The van der Waals surface area contributed by atoms with Crippen molar-refractivity contribution < 1.29 is 19.4 Å². The number of carbonyl (C=O) groups is 2. The first kappa shape index (κ1) is 15.5. The van der Waals surface area contributed by atoms with Crippen molar-refractivity contribution in [3.63, 3.8) is 0 Å². The van der Waals surface area contributed by atoms with E-state index in [4.69, 9.17) is 9.84 Å². The highest BCUT2D eigenvalue weighted by molar-refractivity contribution is 9.11. The Balaban J connectivity index is 1.99. The molecule has 1 aliphatic heterocycles. The Labute approximate surface area is 129 Å². The number of rotatable bonds is 4. The van der Waals surface area contributed by atoms with Crippen LogP contribution < -0.4 is 0 Å². The van der Waals surface area contributed by atoms with E-state index >= 15 is 0 Å². The van der Waals surface area contributed by atoms with E-state index in [1.165, 1.54) is 0 Å². The highest BCUT2D eigenvalue weighted by atomic mass is 79.9. The van der Waals surface area contributed by atoms with Crippen molar-refractivity contribution in [2.75, 3.05) is 19.7 Å². The third-order valence-electron chi connectivity index (χ3n) is 3.24. The standard InChI is InChI=1S/C13H16BrNO4S/c1-8(10-2-3-11(14)20-10)13(18)15-4-5-19-9(7-15)6-12(16)17/h2-3,8-9H,4-7H2,1H3,(H,16,17)/t8-,9+/m1/s1. The second kappa shape index (κ2) is 6.69. The monoisotopic (exact) mass is 361 g/mol. The van der Waals surface area contributed by atoms with E-state index in [2.05, 4.69) is 15.9 Å². The van der Waals surface area contributed by atoms with Crippen molar-refractivity contribution >= 4 is 39.1 Å². The molecule has 2 heterocycles. The van der Waals surface area contributed by atoms with Gasteiger partial charge in [-0.1, -0.05) is 0 Å². The number of carbonyl (C=O) groups excluding carboxylic acids is 1. The van der Waals surface area contributed by atoms with Gasteiger partial charge in [0.15, 0.2) is 0 Å². The second-order valence-corrected chi connectivity index (χ2v) is 7.23. The van der Waals surface area contributed by atoms with Crippen molar-refractivity contribution in [3.8, 4) is 0 Å². The summed E-state index contributed by atoms with van der Waals surface area (Å²) < 4.78 is 6.38. The molecule has 0 radical (unpaired) electrons. The van der Waals surface area contributed by atoms with Crippen LogP contribution in [0.1, 0.15) is 24.1 Å². The van der Waals surface area contributed by atoms with Crippen LogP contribution in [0.4, 0.5) is 0 Å². The molecule has 0 bridgehead atoms. The molecule has 1 aromatic heterocycles. The lowest BCUT2D eigenvalue weighted by Crippen LogP contribution is -2.47. The molecule has 0 unspecified atom stereocenters. The molecule has 1 saturated heterocycles. The molecule has 0 aliphatic carbocycles. The van der Waals surface area contributed by atoms with Crippen molar-refractivity contribution in [1.29, 1.82) is 0 Å². The van der Waals surface area contributed by atoms with Gasteiger partial charge in [0, 0.05) is 18.0 Å². The first-order valence-electron chi connectivity index (χ1n) is 6.34. The summed E-state index contributed by atoms with van der Waals surface area (Å²) in [6.45, 7) is 3.14. The first-order chi connectivity index (χ1) is 9.47. The van der Waals surface area contributed by atoms with Crippen LogP contribution in [-0.4, -0.2) is 47.7 Å². The van der Waals surface area contributed by atoms with Crippen LogP contribution in [0.2, 0.25) is 0 Å². The van der Waals surface area contributed by atoms with Gasteiger partial charge in [-0.25, -0.2) is 0 Å². The van der Waals surface area contributed by atoms with E-state index in [9.17, 15) is 9.59 Å². The fourth-order valence-corrected chi connectivity index (χ4v) is 3.66. The van der Waals surface area contributed by atoms with Crippen molar-refractivity contribution in [3.05, 3.63) is 20.8 Å². The molecular formula is C13H16BrNO4S. The quantitative estimate of drug-likeness (QED) is 0.893. The van der Waals surface area contributed by atoms with Gasteiger partial charge in [-0.05, 0) is 35.0 Å². The Bertz CT molecular complexity index is 504. The molecule has 1 amide bonds. The molecule has 1 aromatic rings. The summed E-state index contributed by atoms with van der Waals surface area (Å²) in [7, 11) is 0. The van der Waals surface area contributed by atoms with Gasteiger partial charge in [-0.15, -0.1) is 11.3 Å². The van der Waals surface area contributed by atoms with E-state index < -0.39 is 12.1 Å². The highest BCUT2D eigenvalue weighted by Crippen LogP contribution is 2.30. The van der Waals surface area contributed by atoms with Gasteiger partial charge in [0.2, 0.25) is 5.91 Å². The van der Waals surface area contributed by atoms with Gasteiger partial charge < -0.3 is 14.7 Å². The molecule has 7 heteroatoms. The predicted octanol–water partition coefficient (Wildman–Crippen LogP) is 2.32. The average Bonchev–Trinajstić information content (AvgIpc) is 2.83. The summed E-state index contributed by atoms with van der Waals surface area (Å²) in [6, 6.07) is 3.86. The van der Waals surface area contributed by atoms with Gasteiger partial charge in [-0.2, -0.15) is 0 Å². The van der Waals surface area contributed by atoms with Crippen LogP contribution in [0, 0.1) is 0 Å². The van der Waals surface area contributed by atoms with Crippen LogP contribution in [0.3, 0.4) is 0 Å². The number of carboxylic acids is 1. The van der Waals surface area contributed by atoms with Gasteiger partial charge in [0.1, 0.15) is 0 Å². The molecule has 0 saturated carbocycles. The first-order valence-corrected chi connectivity index (χ1v) is 7.95. The van der Waals surface area contributed by atoms with Crippen LogP contribution in [-0.2, 0) is 14.3 Å². The largest absolute Gasteiger partial charge is 0.481 e. The minimum absolute atomic E-state index is 0.0260. The number of hydrogen-bond acceptors (Lipinski definition) is 4. The minimum atomic E-state index is -0.903. The van der Waals surface area contributed by atoms with Crippen molar-refractivity contribution in [2.45, 2.75) is 25.4 Å². The summed E-state index contributed by atoms with van der Waals surface area (Å²) in [5, 5.41) is 8.79. The molecule has 1 aliphatic rings. The lowest BCUT2D eigenvalue weighted by atomic mass is 10.1. The number of morpholine rings is 1. The smallest absolute Gasteiger partial charge is 0.306 e. The number of aliphatic carboxylic acids is 1. The summed E-state index contributed by atoms with van der Waals surface area (Å²) >= 11 is 4.93. The number of nitrogens with zero attached hydrogens (tertiary/aromatic N) is 1. The third-order valence-corrected chi connectivity index (χ3v) is 5.05. The third kappa shape index (κ3) is 3.80. The minimum Gasteiger partial charge on any atom is -0.481 e. The Morgan fingerprint density at radius 2 is 2.35 bits per heavy atom. The molecule has 20 heavy (non-hydrogen) atoms. The zero-order valence-electron chi connectivity index (χ0n) is 11.0. The van der Waals surface area contributed by atoms with Crippen molar-refractivity contribution in [1.82, 2.24) is 4.90 Å². The number of hydrogen-bond donors (Lipinski definition) is 1. The van der Waals surface area contributed by atoms with E-state index in [0.29, 0.717) is 19.7 Å². The summed E-state index contributed by atoms with van der Waals surface area (Å²) in [4.78, 5) is 25.9. The van der Waals surface area contributed by atoms with E-state index in [1.807, 2.05) is 19.1 Å². The number of carboxylic acid groups (broad SMARTS) is 1. The fraction of sp³-hybridized carbons (Fsp3) is 0.538. The zero-order valence-corrected chi connectivity index (χ0v) is 13.4. The highest BCUT2D eigenvalue weighted by Gasteiger charge is 2.29. The van der Waals surface area contributed by atoms with Crippen LogP contribution in [0.15, 0.2) is 15.9 Å². The van der Waals surface area contributed by atoms with E-state index in [-0.39, 0.29) is 18.2 Å². The van der Waals surface area contributed by atoms with E-state index in [0.717, 1.165) is 8.66 Å². The Kier molecular flexibility index (Phi) is 5.17. The second-order valence-electron chi connectivity index (χ2n) is 4.74. The normalized spacial score (nSPS) is 20.7. The maximum absolute atomic E-state index is 12.5. The SMILES string of the molecule is C[C@@H](C(=O)N1CCO[C@@H](CC(=O)O)C1)c1ccc(Br)s1. The zero-order chi connectivity index (χ0) is 14.7. The maximum atomic E-state index is 12.5. The molecule has 2 rings (SSSR count). The molecule has 1 fully saturated rings. The molecular weight excluding hydrogens is 346 g/mol. The number of amides is 1. The fourth-order valence-electron chi connectivity index (χ4n) is 2.19. The summed E-state index contributed by atoms with van der Waals surface area (Å²) in [5.41, 5.74) is 0. The molecule has 0 spiro atoms. The predicted molar refractivity (Wildman–Crippen MR) is 79.0 cm³/mol. The van der Waals surface area contributed by atoms with Crippen molar-refractivity contribution in [2.24, 2.45) is 0 Å². The molecule has 2 atom stereocenters. The molecule has 110 valence electrons. The average molecular weight is 362 g/mol.